The molecule has 11 rings (SSSR count). The van der Waals surface area contributed by atoms with Crippen molar-refractivity contribution in [1.82, 2.24) is 9.13 Å². The summed E-state index contributed by atoms with van der Waals surface area (Å²) in [4.78, 5) is 0. The van der Waals surface area contributed by atoms with Crippen molar-refractivity contribution >= 4 is 137 Å². The highest BCUT2D eigenvalue weighted by Crippen LogP contribution is 2.40. The molecule has 0 aliphatic rings. The van der Waals surface area contributed by atoms with Crippen LogP contribution < -0.4 is 38.2 Å². The molecule has 9 heteroatoms. The van der Waals surface area contributed by atoms with E-state index >= 15 is 0 Å². The molecule has 0 N–H and O–H groups in total. The van der Waals surface area contributed by atoms with Crippen molar-refractivity contribution in [2.45, 2.75) is 0 Å². The van der Waals surface area contributed by atoms with E-state index in [0.29, 0.717) is 43.8 Å². The molecular weight excluding hydrogens is 752 g/mol. The number of aromatic nitrogens is 2. The zero-order chi connectivity index (χ0) is 43.1. The maximum absolute atomic E-state index is 7.32. The molecular formula is C54H29B7N2. The minimum absolute atomic E-state index is 0.181. The predicted octanol–water partition coefficient (Wildman–Crippen LogP) is 6.11. The summed E-state index contributed by atoms with van der Waals surface area (Å²) < 4.78 is 4.26. The average Bonchev–Trinajstić information content (AvgIpc) is 3.87. The molecule has 276 valence electrons. The molecule has 2 aromatic heterocycles. The van der Waals surface area contributed by atoms with E-state index in [2.05, 4.69) is 138 Å². The molecule has 0 spiro atoms. The van der Waals surface area contributed by atoms with Gasteiger partial charge in [0, 0.05) is 44.1 Å². The Hall–Kier alpha value is -6.97. The topological polar surface area (TPSA) is 9.86 Å². The van der Waals surface area contributed by atoms with Gasteiger partial charge in [0.1, 0.15) is 54.9 Å². The largest absolute Gasteiger partial charge is 0.311 e. The Kier molecular flexibility index (Phi) is 9.35. The molecule has 9 aromatic carbocycles. The summed E-state index contributed by atoms with van der Waals surface area (Å²) >= 11 is 0. The SMILES string of the molecule is [B]c1c([B])c([B])c2c(c1[B])c1c([B])c(-c3ccc4c(c3)c3cccc(-c5ccccc5)c3n4-c3ccc(-c4ccc(-c5ccccc5)cc4)cc3)c([B])c([B])c1n2-c1ccccc1. The highest BCUT2D eigenvalue weighted by atomic mass is 15.0. The first-order valence-corrected chi connectivity index (χ1v) is 20.7. The van der Waals surface area contributed by atoms with Gasteiger partial charge in [-0.2, -0.15) is 0 Å². The highest BCUT2D eigenvalue weighted by Gasteiger charge is 2.25. The van der Waals surface area contributed by atoms with Crippen LogP contribution in [-0.4, -0.2) is 64.1 Å². The highest BCUT2D eigenvalue weighted by molar-refractivity contribution is 6.69. The van der Waals surface area contributed by atoms with Gasteiger partial charge < -0.3 is 9.13 Å². The lowest BCUT2D eigenvalue weighted by Gasteiger charge is -2.19. The molecule has 0 atom stereocenters. The van der Waals surface area contributed by atoms with Gasteiger partial charge in [-0.15, -0.1) is 10.9 Å². The maximum atomic E-state index is 7.32. The second-order valence-electron chi connectivity index (χ2n) is 16.0. The molecule has 0 aliphatic carbocycles. The fourth-order valence-electron chi connectivity index (χ4n) is 9.47. The van der Waals surface area contributed by atoms with Gasteiger partial charge >= 0.3 is 0 Å². The second-order valence-corrected chi connectivity index (χ2v) is 16.0. The lowest BCUT2D eigenvalue weighted by atomic mass is 9.64. The van der Waals surface area contributed by atoms with E-state index in [-0.39, 0.29) is 21.9 Å². The van der Waals surface area contributed by atoms with Gasteiger partial charge in [0.2, 0.25) is 0 Å². The van der Waals surface area contributed by atoms with Crippen LogP contribution in [0, 0.1) is 0 Å². The zero-order valence-electron chi connectivity index (χ0n) is 34.2. The number of nitrogens with zero attached hydrogens (tertiary/aromatic N) is 2. The molecule has 0 amide bonds. The van der Waals surface area contributed by atoms with Gasteiger partial charge in [-0.3, -0.25) is 0 Å². The summed E-state index contributed by atoms with van der Waals surface area (Å²) in [6, 6.07) is 60.9. The first kappa shape index (κ1) is 38.9. The van der Waals surface area contributed by atoms with Crippen molar-refractivity contribution < 1.29 is 0 Å². The van der Waals surface area contributed by atoms with Crippen LogP contribution in [-0.2, 0) is 0 Å². The molecule has 0 saturated heterocycles. The third-order valence-corrected chi connectivity index (χ3v) is 12.5. The van der Waals surface area contributed by atoms with Crippen LogP contribution in [0.15, 0.2) is 176 Å². The number of hydrogen-bond acceptors (Lipinski definition) is 0. The van der Waals surface area contributed by atoms with Crippen LogP contribution in [0.1, 0.15) is 0 Å². The Morgan fingerprint density at radius 3 is 1.38 bits per heavy atom. The van der Waals surface area contributed by atoms with Crippen molar-refractivity contribution in [3.05, 3.63) is 176 Å². The number of fused-ring (bicyclic) bond motifs is 6. The summed E-state index contributed by atoms with van der Waals surface area (Å²) in [6.45, 7) is 0. The normalized spacial score (nSPS) is 11.6. The predicted molar refractivity (Wildman–Crippen MR) is 275 cm³/mol. The Morgan fingerprint density at radius 2 is 0.762 bits per heavy atom. The molecule has 0 unspecified atom stereocenters. The number of benzene rings is 9. The molecule has 14 radical (unpaired) electrons. The average molecular weight is 782 g/mol. The Morgan fingerprint density at radius 1 is 0.286 bits per heavy atom. The van der Waals surface area contributed by atoms with Crippen LogP contribution in [0.5, 0.6) is 0 Å². The molecule has 0 saturated carbocycles. The van der Waals surface area contributed by atoms with E-state index in [1.807, 2.05) is 47.0 Å². The molecule has 0 aliphatic heterocycles. The maximum Gasteiger partial charge on any atom is 0.115 e. The second kappa shape index (κ2) is 15.1. The number of para-hydroxylation sites is 2. The van der Waals surface area contributed by atoms with E-state index in [0.717, 1.165) is 61.0 Å². The lowest BCUT2D eigenvalue weighted by Crippen LogP contribution is -2.48. The standard InChI is InChI=1S/C54H29B7N2/c55-45-42(46(56)50(60)53-43(45)44-47(57)48(58)49(59)51(61)54(44)63(53)36-15-8-3-9-16-36)35-25-28-41-40(29-35)39-18-10-17-38(34-13-6-2-7-14-34)52(39)62(41)37-26-23-33(24-27-37)32-21-19-31(20-22-32)30-11-4-1-5-12-30/h1-29H. The van der Waals surface area contributed by atoms with Crippen molar-refractivity contribution in [2.75, 3.05) is 0 Å². The third kappa shape index (κ3) is 6.04. The van der Waals surface area contributed by atoms with E-state index < -0.39 is 0 Å². The number of rotatable bonds is 6. The van der Waals surface area contributed by atoms with Crippen LogP contribution in [0.25, 0.3) is 99.5 Å². The van der Waals surface area contributed by atoms with Crippen molar-refractivity contribution in [1.29, 1.82) is 0 Å². The Balaban J connectivity index is 1.13. The Labute approximate surface area is 375 Å². The summed E-state index contributed by atoms with van der Waals surface area (Å²) in [6.07, 6.45) is 0. The molecule has 0 fully saturated rings. The van der Waals surface area contributed by atoms with Crippen LogP contribution in [0.4, 0.5) is 0 Å². The first-order valence-electron chi connectivity index (χ1n) is 20.7. The monoisotopic (exact) mass is 782 g/mol. The summed E-state index contributed by atoms with van der Waals surface area (Å²) in [7, 11) is 48.1. The molecule has 11 aromatic rings. The minimum atomic E-state index is 0.181. The zero-order valence-corrected chi connectivity index (χ0v) is 34.2. The van der Waals surface area contributed by atoms with Gasteiger partial charge in [-0.25, -0.2) is 0 Å². The molecule has 63 heavy (non-hydrogen) atoms. The van der Waals surface area contributed by atoms with Crippen LogP contribution in [0.2, 0.25) is 0 Å². The van der Waals surface area contributed by atoms with Crippen molar-refractivity contribution in [2.24, 2.45) is 0 Å². The van der Waals surface area contributed by atoms with Crippen molar-refractivity contribution in [3.8, 4) is 55.9 Å². The van der Waals surface area contributed by atoms with Crippen LogP contribution in [0.3, 0.4) is 0 Å². The minimum Gasteiger partial charge on any atom is -0.311 e. The van der Waals surface area contributed by atoms with E-state index in [1.54, 1.807) is 0 Å². The first-order chi connectivity index (χ1) is 30.7. The van der Waals surface area contributed by atoms with Crippen molar-refractivity contribution in [3.63, 3.8) is 0 Å². The molecule has 2 nitrogen and oxygen atoms in total. The third-order valence-electron chi connectivity index (χ3n) is 12.5. The molecule has 2 heterocycles. The Bertz CT molecular complexity index is 3600. The summed E-state index contributed by atoms with van der Waals surface area (Å²) in [5, 5.41) is 3.24. The van der Waals surface area contributed by atoms with Gasteiger partial charge in [0.25, 0.3) is 0 Å². The smallest absolute Gasteiger partial charge is 0.115 e. The van der Waals surface area contributed by atoms with Gasteiger partial charge in [0.15, 0.2) is 0 Å². The van der Waals surface area contributed by atoms with E-state index in [1.165, 1.54) is 11.1 Å². The number of hydrogen-bond donors (Lipinski definition) is 0. The fraction of sp³-hybridized carbons (Fsp3) is 0. The summed E-state index contributed by atoms with van der Waals surface area (Å²) in [5.74, 6) is 0. The fourth-order valence-corrected chi connectivity index (χ4v) is 9.47. The van der Waals surface area contributed by atoms with E-state index in [9.17, 15) is 0 Å². The van der Waals surface area contributed by atoms with Gasteiger partial charge in [-0.1, -0.05) is 167 Å². The molecule has 0 bridgehead atoms. The quantitative estimate of drug-likeness (QED) is 0.181. The van der Waals surface area contributed by atoms with E-state index in [4.69, 9.17) is 54.9 Å². The van der Waals surface area contributed by atoms with Gasteiger partial charge in [0.05, 0.1) is 11.0 Å². The summed E-state index contributed by atoms with van der Waals surface area (Å²) in [5.41, 5.74) is 15.2. The van der Waals surface area contributed by atoms with Gasteiger partial charge in [-0.05, 0) is 80.7 Å². The lowest BCUT2D eigenvalue weighted by molar-refractivity contribution is 1.18. The van der Waals surface area contributed by atoms with Crippen LogP contribution >= 0.6 is 0 Å².